The van der Waals surface area contributed by atoms with Crippen molar-refractivity contribution in [1.29, 1.82) is 0 Å². The summed E-state index contributed by atoms with van der Waals surface area (Å²) in [6.07, 6.45) is 1.35. The van der Waals surface area contributed by atoms with Crippen molar-refractivity contribution in [3.05, 3.63) is 74.8 Å². The molecule has 180 valence electrons. The minimum absolute atomic E-state index is 0.0218. The molecular formula is C24H22Cl2FN7O. The van der Waals surface area contributed by atoms with E-state index < -0.39 is 12.2 Å². The summed E-state index contributed by atoms with van der Waals surface area (Å²) in [6, 6.07) is 12.8. The zero-order valence-corrected chi connectivity index (χ0v) is 20.4. The summed E-state index contributed by atoms with van der Waals surface area (Å²) in [5, 5.41) is 7.83. The van der Waals surface area contributed by atoms with Gasteiger partial charge in [0.1, 0.15) is 23.6 Å². The maximum Gasteiger partial charge on any atom is 0.282 e. The van der Waals surface area contributed by atoms with Crippen LogP contribution in [0.15, 0.2) is 53.5 Å². The van der Waals surface area contributed by atoms with Crippen LogP contribution in [-0.2, 0) is 6.67 Å². The number of para-hydroxylation sites is 1. The molecule has 8 nitrogen and oxygen atoms in total. The molecular weight excluding hydrogens is 492 g/mol. The summed E-state index contributed by atoms with van der Waals surface area (Å²) in [5.41, 5.74) is 1.66. The van der Waals surface area contributed by atoms with E-state index in [4.69, 9.17) is 23.2 Å². The van der Waals surface area contributed by atoms with Gasteiger partial charge in [0.15, 0.2) is 0 Å². The summed E-state index contributed by atoms with van der Waals surface area (Å²) in [7, 11) is 2.12. The van der Waals surface area contributed by atoms with Gasteiger partial charge in [0.2, 0.25) is 5.95 Å². The summed E-state index contributed by atoms with van der Waals surface area (Å²) in [5.74, 6) is 0.231. The highest BCUT2D eigenvalue weighted by atomic mass is 35.5. The Hall–Kier alpha value is -3.27. The predicted octanol–water partition coefficient (Wildman–Crippen LogP) is 4.45. The molecule has 4 aromatic rings. The highest BCUT2D eigenvalue weighted by molar-refractivity contribution is 6.37. The van der Waals surface area contributed by atoms with Crippen LogP contribution in [0.3, 0.4) is 0 Å². The van der Waals surface area contributed by atoms with Gasteiger partial charge < -0.3 is 15.1 Å². The first-order valence-electron chi connectivity index (χ1n) is 11.0. The standard InChI is InChI=1S/C24H22Cl2FN7O/c1-32-9-11-33(12-10-32)16-7-5-15(6-8-16)29-24-28-14-17-21(30-24)20(13-27)31-34(23(17)35)22-18(25)3-2-4-19(22)26/h2-8,14H,9-13H2,1H3,(H,28,29,30). The molecule has 1 fully saturated rings. The number of piperazine rings is 1. The van der Waals surface area contributed by atoms with Gasteiger partial charge >= 0.3 is 0 Å². The third-order valence-electron chi connectivity index (χ3n) is 5.97. The van der Waals surface area contributed by atoms with E-state index in [1.54, 1.807) is 18.2 Å². The zero-order chi connectivity index (χ0) is 24.5. The topological polar surface area (TPSA) is 79.2 Å². The Morgan fingerprint density at radius 1 is 1.03 bits per heavy atom. The van der Waals surface area contributed by atoms with Crippen molar-refractivity contribution >= 4 is 51.4 Å². The highest BCUT2D eigenvalue weighted by Gasteiger charge is 2.18. The number of hydrogen-bond acceptors (Lipinski definition) is 7. The Kier molecular flexibility index (Phi) is 6.55. The van der Waals surface area contributed by atoms with Gasteiger partial charge in [-0.15, -0.1) is 0 Å². The Morgan fingerprint density at radius 3 is 2.37 bits per heavy atom. The average Bonchev–Trinajstić information content (AvgIpc) is 2.86. The molecule has 3 heterocycles. The van der Waals surface area contributed by atoms with Crippen LogP contribution in [0, 0.1) is 0 Å². The number of anilines is 3. The van der Waals surface area contributed by atoms with Crippen LogP contribution >= 0.6 is 23.2 Å². The van der Waals surface area contributed by atoms with Gasteiger partial charge in [0, 0.05) is 43.8 Å². The Morgan fingerprint density at radius 2 is 1.71 bits per heavy atom. The molecule has 35 heavy (non-hydrogen) atoms. The molecule has 0 spiro atoms. The smallest absolute Gasteiger partial charge is 0.282 e. The highest BCUT2D eigenvalue weighted by Crippen LogP contribution is 2.28. The fourth-order valence-electron chi connectivity index (χ4n) is 4.03. The maximum absolute atomic E-state index is 14.0. The molecule has 11 heteroatoms. The van der Waals surface area contributed by atoms with E-state index >= 15 is 0 Å². The van der Waals surface area contributed by atoms with E-state index in [0.29, 0.717) is 0 Å². The number of alkyl halides is 1. The first-order valence-corrected chi connectivity index (χ1v) is 11.8. The zero-order valence-electron chi connectivity index (χ0n) is 18.9. The van der Waals surface area contributed by atoms with Crippen LogP contribution in [0.4, 0.5) is 21.7 Å². The third-order valence-corrected chi connectivity index (χ3v) is 6.58. The largest absolute Gasteiger partial charge is 0.369 e. The van der Waals surface area contributed by atoms with Crippen LogP contribution in [0.2, 0.25) is 10.0 Å². The monoisotopic (exact) mass is 513 g/mol. The van der Waals surface area contributed by atoms with Gasteiger partial charge in [0.25, 0.3) is 5.56 Å². The van der Waals surface area contributed by atoms with E-state index in [1.165, 1.54) is 6.20 Å². The summed E-state index contributed by atoms with van der Waals surface area (Å²) in [4.78, 5) is 26.4. The van der Waals surface area contributed by atoms with E-state index in [1.807, 2.05) is 24.3 Å². The van der Waals surface area contributed by atoms with Crippen molar-refractivity contribution in [1.82, 2.24) is 24.6 Å². The van der Waals surface area contributed by atoms with Gasteiger partial charge in [0.05, 0.1) is 15.4 Å². The second-order valence-corrected chi connectivity index (χ2v) is 9.10. The molecule has 1 N–H and O–H groups in total. The molecule has 1 aliphatic heterocycles. The molecule has 2 aromatic heterocycles. The number of nitrogens with one attached hydrogen (secondary N) is 1. The number of benzene rings is 2. The second-order valence-electron chi connectivity index (χ2n) is 8.29. The lowest BCUT2D eigenvalue weighted by atomic mass is 10.2. The molecule has 0 unspecified atom stereocenters. The van der Waals surface area contributed by atoms with Crippen molar-refractivity contribution in [3.8, 4) is 5.69 Å². The van der Waals surface area contributed by atoms with Crippen LogP contribution < -0.4 is 15.8 Å². The predicted molar refractivity (Wildman–Crippen MR) is 137 cm³/mol. The Bertz CT molecular complexity index is 1420. The summed E-state index contributed by atoms with van der Waals surface area (Å²) in [6.45, 7) is 3.08. The van der Waals surface area contributed by atoms with Gasteiger partial charge in [-0.1, -0.05) is 29.3 Å². The molecule has 0 aliphatic carbocycles. The molecule has 0 bridgehead atoms. The molecule has 1 saturated heterocycles. The third kappa shape index (κ3) is 4.67. The number of hydrogen-bond donors (Lipinski definition) is 1. The van der Waals surface area contributed by atoms with Crippen LogP contribution in [0.25, 0.3) is 16.6 Å². The minimum Gasteiger partial charge on any atom is -0.369 e. The van der Waals surface area contributed by atoms with Crippen LogP contribution in [0.5, 0.6) is 0 Å². The van der Waals surface area contributed by atoms with Crippen molar-refractivity contribution in [3.63, 3.8) is 0 Å². The fourth-order valence-corrected chi connectivity index (χ4v) is 4.59. The Balaban J connectivity index is 1.45. The van der Waals surface area contributed by atoms with Crippen LogP contribution in [0.1, 0.15) is 5.69 Å². The lowest BCUT2D eigenvalue weighted by Crippen LogP contribution is -2.44. The second kappa shape index (κ2) is 9.77. The SMILES string of the molecule is CN1CCN(c2ccc(Nc3ncc4c(=O)n(-c5c(Cl)cccc5Cl)nc(CF)c4n3)cc2)CC1. The first-order chi connectivity index (χ1) is 16.9. The Labute approximate surface area is 210 Å². The van der Waals surface area contributed by atoms with E-state index in [0.717, 1.165) is 42.2 Å². The van der Waals surface area contributed by atoms with Gasteiger partial charge in [-0.25, -0.2) is 14.4 Å². The first kappa shape index (κ1) is 23.5. The van der Waals surface area contributed by atoms with Crippen molar-refractivity contribution in [2.75, 3.05) is 43.4 Å². The maximum atomic E-state index is 14.0. The molecule has 0 amide bonds. The van der Waals surface area contributed by atoms with Crippen molar-refractivity contribution < 1.29 is 4.39 Å². The lowest BCUT2D eigenvalue weighted by Gasteiger charge is -2.34. The molecule has 2 aromatic carbocycles. The summed E-state index contributed by atoms with van der Waals surface area (Å²) >= 11 is 12.5. The van der Waals surface area contributed by atoms with E-state index in [-0.39, 0.29) is 38.3 Å². The number of nitrogens with zero attached hydrogens (tertiary/aromatic N) is 6. The molecule has 0 saturated carbocycles. The number of rotatable bonds is 5. The number of fused-ring (bicyclic) bond motifs is 1. The number of aromatic nitrogens is 4. The lowest BCUT2D eigenvalue weighted by molar-refractivity contribution is 0.313. The summed E-state index contributed by atoms with van der Waals surface area (Å²) < 4.78 is 15.0. The quantitative estimate of drug-likeness (QED) is 0.422. The molecule has 0 atom stereocenters. The fraction of sp³-hybridized carbons (Fsp3) is 0.250. The van der Waals surface area contributed by atoms with Crippen molar-refractivity contribution in [2.45, 2.75) is 6.67 Å². The van der Waals surface area contributed by atoms with E-state index in [2.05, 4.69) is 37.2 Å². The van der Waals surface area contributed by atoms with Gasteiger partial charge in [-0.3, -0.25) is 4.79 Å². The normalized spacial score (nSPS) is 14.5. The number of likely N-dealkylation sites (N-methyl/N-ethyl adjacent to an activating group) is 1. The van der Waals surface area contributed by atoms with E-state index in [9.17, 15) is 9.18 Å². The van der Waals surface area contributed by atoms with Gasteiger partial charge in [-0.05, 0) is 43.4 Å². The average molecular weight is 514 g/mol. The molecule has 1 aliphatic rings. The van der Waals surface area contributed by atoms with Crippen LogP contribution in [-0.4, -0.2) is 57.9 Å². The molecule has 5 rings (SSSR count). The number of halogens is 3. The molecule has 0 radical (unpaired) electrons. The van der Waals surface area contributed by atoms with Crippen molar-refractivity contribution in [2.24, 2.45) is 0 Å². The van der Waals surface area contributed by atoms with Gasteiger partial charge in [-0.2, -0.15) is 9.78 Å². The minimum atomic E-state index is -0.935.